The van der Waals surface area contributed by atoms with Crippen molar-refractivity contribution in [2.24, 2.45) is 5.84 Å². The van der Waals surface area contributed by atoms with E-state index < -0.39 is 5.82 Å². The first-order valence-corrected chi connectivity index (χ1v) is 10.4. The van der Waals surface area contributed by atoms with E-state index >= 15 is 0 Å². The van der Waals surface area contributed by atoms with Gasteiger partial charge in [0.2, 0.25) is 0 Å². The molecule has 1 fully saturated rings. The number of piperidine rings is 1. The fourth-order valence-corrected chi connectivity index (χ4v) is 4.94. The number of nitrogens with zero attached hydrogens (tertiary/aromatic N) is 1. The summed E-state index contributed by atoms with van der Waals surface area (Å²) < 4.78 is 14.6. The predicted octanol–water partition coefficient (Wildman–Crippen LogP) is 3.80. The normalized spacial score (nSPS) is 18.2. The number of nitrogens with two attached hydrogens (primary N) is 1. The van der Waals surface area contributed by atoms with E-state index in [1.54, 1.807) is 6.07 Å². The van der Waals surface area contributed by atoms with Crippen LogP contribution in [0, 0.1) is 23.6 Å². The highest BCUT2D eigenvalue weighted by molar-refractivity contribution is 8.26. The summed E-state index contributed by atoms with van der Waals surface area (Å²) in [5.74, 6) is 4.84. The van der Waals surface area contributed by atoms with E-state index in [2.05, 4.69) is 45.0 Å². The Balaban J connectivity index is 2.15. The molecule has 1 aromatic rings. The molecule has 6 N–H and O–H groups in total. The summed E-state index contributed by atoms with van der Waals surface area (Å²) >= 11 is 0.967. The minimum absolute atomic E-state index is 0.00720. The topological polar surface area (TPSA) is 101 Å². The van der Waals surface area contributed by atoms with E-state index in [4.69, 9.17) is 16.7 Å². The third kappa shape index (κ3) is 5.58. The Kier molecular flexibility index (Phi) is 6.82. The Hall–Kier alpha value is -1.90. The van der Waals surface area contributed by atoms with Crippen LogP contribution in [0.5, 0.6) is 0 Å². The van der Waals surface area contributed by atoms with Gasteiger partial charge in [0.25, 0.3) is 0 Å². The van der Waals surface area contributed by atoms with E-state index in [-0.39, 0.29) is 32.9 Å². The zero-order valence-electron chi connectivity index (χ0n) is 18.2. The minimum atomic E-state index is -0.529. The molecule has 29 heavy (non-hydrogen) atoms. The third-order valence-corrected chi connectivity index (χ3v) is 6.20. The van der Waals surface area contributed by atoms with Crippen LogP contribution in [0.4, 0.5) is 4.39 Å². The molecule has 2 rings (SSSR count). The summed E-state index contributed by atoms with van der Waals surface area (Å²) in [7, 11) is 1.88. The number of thioether (sulfide) groups is 1. The van der Waals surface area contributed by atoms with Crippen molar-refractivity contribution in [3.8, 4) is 0 Å². The first-order chi connectivity index (χ1) is 13.3. The summed E-state index contributed by atoms with van der Waals surface area (Å²) in [4.78, 5) is 1.91. The van der Waals surface area contributed by atoms with Gasteiger partial charge in [-0.1, -0.05) is 6.58 Å². The fourth-order valence-electron chi connectivity index (χ4n) is 4.19. The van der Waals surface area contributed by atoms with Crippen molar-refractivity contribution in [2.75, 3.05) is 7.05 Å². The Morgan fingerprint density at radius 2 is 1.79 bits per heavy atom. The van der Waals surface area contributed by atoms with Crippen molar-refractivity contribution in [3.05, 3.63) is 41.2 Å². The average Bonchev–Trinajstić information content (AvgIpc) is 2.59. The third-order valence-electron chi connectivity index (χ3n) is 5.29. The molecule has 0 saturated carbocycles. The van der Waals surface area contributed by atoms with Crippen molar-refractivity contribution < 1.29 is 4.39 Å². The molecule has 1 heterocycles. The molecule has 8 heteroatoms. The SMILES string of the molecule is C=C(NN)c1cc(F)c(C(=N)SC(=N)N(C)C2CC(C)(C)NC(C)(C)C2)cc1C. The van der Waals surface area contributed by atoms with Gasteiger partial charge in [-0.25, -0.2) is 4.39 Å². The number of halogens is 1. The van der Waals surface area contributed by atoms with Crippen LogP contribution >= 0.6 is 11.8 Å². The van der Waals surface area contributed by atoms with Gasteiger partial charge in [-0.15, -0.1) is 0 Å². The maximum Gasteiger partial charge on any atom is 0.162 e. The van der Waals surface area contributed by atoms with Crippen LogP contribution in [0.3, 0.4) is 0 Å². The quantitative estimate of drug-likeness (QED) is 0.221. The largest absolute Gasteiger partial charge is 0.351 e. The number of nitrogens with one attached hydrogen (secondary N) is 4. The number of amidine groups is 1. The summed E-state index contributed by atoms with van der Waals surface area (Å²) in [6.07, 6.45) is 1.78. The number of benzene rings is 1. The van der Waals surface area contributed by atoms with Gasteiger partial charge in [-0.05, 0) is 76.9 Å². The monoisotopic (exact) mass is 420 g/mol. The van der Waals surface area contributed by atoms with E-state index in [9.17, 15) is 4.39 Å². The maximum absolute atomic E-state index is 14.6. The van der Waals surface area contributed by atoms with Crippen molar-refractivity contribution in [3.63, 3.8) is 0 Å². The van der Waals surface area contributed by atoms with Crippen LogP contribution in [0.1, 0.15) is 57.2 Å². The van der Waals surface area contributed by atoms with E-state index in [1.807, 2.05) is 18.9 Å². The van der Waals surface area contributed by atoms with E-state index in [0.717, 1.165) is 30.2 Å². The van der Waals surface area contributed by atoms with Crippen LogP contribution in [0.2, 0.25) is 0 Å². The van der Waals surface area contributed by atoms with Crippen LogP contribution in [-0.2, 0) is 0 Å². The number of rotatable bonds is 4. The van der Waals surface area contributed by atoms with Gasteiger partial charge in [-0.2, -0.15) is 0 Å². The number of hydrogen-bond acceptors (Lipinski definition) is 6. The second kappa shape index (κ2) is 8.45. The highest BCUT2D eigenvalue weighted by atomic mass is 32.2. The molecule has 0 radical (unpaired) electrons. The highest BCUT2D eigenvalue weighted by Crippen LogP contribution is 2.32. The van der Waals surface area contributed by atoms with Gasteiger partial charge in [-0.3, -0.25) is 16.7 Å². The molecule has 0 unspecified atom stereocenters. The lowest BCUT2D eigenvalue weighted by Crippen LogP contribution is -2.62. The standard InChI is InChI=1S/C21H33FN6S/c1-12-8-16(17(22)9-15(12)13(2)26-25)18(23)29-19(24)28(7)14-10-20(3,4)27-21(5,6)11-14/h8-9,14,23-24,26-27H,2,10-11,25H2,1,3-7H3. The molecule has 0 aromatic heterocycles. The van der Waals surface area contributed by atoms with Crippen molar-refractivity contribution in [1.82, 2.24) is 15.6 Å². The first-order valence-electron chi connectivity index (χ1n) is 9.60. The molecular weight excluding hydrogens is 387 g/mol. The van der Waals surface area contributed by atoms with Crippen molar-refractivity contribution >= 4 is 27.7 Å². The second-order valence-electron chi connectivity index (χ2n) is 9.07. The Labute approximate surface area is 177 Å². The predicted molar refractivity (Wildman–Crippen MR) is 122 cm³/mol. The lowest BCUT2D eigenvalue weighted by Gasteiger charge is -2.49. The molecule has 1 saturated heterocycles. The molecular formula is C21H33FN6S. The molecule has 0 atom stereocenters. The summed E-state index contributed by atoms with van der Waals surface area (Å²) in [6, 6.07) is 3.10. The molecule has 0 amide bonds. The average molecular weight is 421 g/mol. The number of hydrazine groups is 1. The summed E-state index contributed by atoms with van der Waals surface area (Å²) in [5, 5.41) is 20.7. The second-order valence-corrected chi connectivity index (χ2v) is 10.1. The minimum Gasteiger partial charge on any atom is -0.351 e. The van der Waals surface area contributed by atoms with Crippen LogP contribution in [0.25, 0.3) is 5.70 Å². The molecule has 0 aliphatic carbocycles. The first kappa shape index (κ1) is 23.4. The molecule has 1 aliphatic rings. The van der Waals surface area contributed by atoms with E-state index in [1.165, 1.54) is 6.07 Å². The van der Waals surface area contributed by atoms with Gasteiger partial charge in [0, 0.05) is 41.0 Å². The fraction of sp³-hybridized carbons (Fsp3) is 0.524. The van der Waals surface area contributed by atoms with Gasteiger partial charge >= 0.3 is 0 Å². The van der Waals surface area contributed by atoms with Crippen LogP contribution < -0.4 is 16.6 Å². The van der Waals surface area contributed by atoms with Crippen LogP contribution in [0.15, 0.2) is 18.7 Å². The van der Waals surface area contributed by atoms with E-state index in [0.29, 0.717) is 11.3 Å². The van der Waals surface area contributed by atoms with Crippen molar-refractivity contribution in [2.45, 2.75) is 64.6 Å². The van der Waals surface area contributed by atoms with Crippen molar-refractivity contribution in [1.29, 1.82) is 10.8 Å². The van der Waals surface area contributed by atoms with Gasteiger partial charge < -0.3 is 15.6 Å². The smallest absolute Gasteiger partial charge is 0.162 e. The lowest BCUT2D eigenvalue weighted by molar-refractivity contribution is 0.114. The summed E-state index contributed by atoms with van der Waals surface area (Å²) in [6.45, 7) is 14.2. The van der Waals surface area contributed by atoms with Gasteiger partial charge in [0.05, 0.1) is 0 Å². The van der Waals surface area contributed by atoms with Gasteiger partial charge in [0.1, 0.15) is 10.9 Å². The zero-order chi connectivity index (χ0) is 22.1. The maximum atomic E-state index is 14.6. The molecule has 1 aromatic carbocycles. The zero-order valence-corrected chi connectivity index (χ0v) is 19.0. The Bertz CT molecular complexity index is 817. The highest BCUT2D eigenvalue weighted by Gasteiger charge is 2.39. The molecule has 1 aliphatic heterocycles. The Morgan fingerprint density at radius 3 is 2.31 bits per heavy atom. The van der Waals surface area contributed by atoms with Crippen LogP contribution in [-0.4, -0.2) is 39.3 Å². The molecule has 0 spiro atoms. The molecule has 0 bridgehead atoms. The van der Waals surface area contributed by atoms with Gasteiger partial charge in [0.15, 0.2) is 5.17 Å². The lowest BCUT2D eigenvalue weighted by atomic mass is 9.79. The number of aryl methyl sites for hydroxylation is 1. The molecule has 160 valence electrons. The number of hydrogen-bond donors (Lipinski definition) is 5. The summed E-state index contributed by atoms with van der Waals surface area (Å²) in [5.41, 5.74) is 4.25. The molecule has 6 nitrogen and oxygen atoms in total. The Morgan fingerprint density at radius 1 is 1.24 bits per heavy atom.